The smallest absolute Gasteiger partial charge is 0.211 e. The number of hydrogen-bond donors (Lipinski definition) is 6. The Labute approximate surface area is 194 Å². The standard InChI is InChI=1S/C26H32N4O3/c1-27-24(20-5-3-2-4-6-20)16-29-22-10-7-19(8-11-22)13-14-28-17-26(33)21-9-12-25(32)23(15-21)30-18-31/h2-12,15,18,24,26-29,32-33H,13-14,16-17H2,1H3,(H,30,31)/t24?,26-/m0/s1. The van der Waals surface area contributed by atoms with E-state index in [9.17, 15) is 15.0 Å². The summed E-state index contributed by atoms with van der Waals surface area (Å²) in [6.07, 6.45) is 0.588. The molecule has 0 spiro atoms. The summed E-state index contributed by atoms with van der Waals surface area (Å²) >= 11 is 0. The number of anilines is 2. The molecule has 0 fully saturated rings. The predicted octanol–water partition coefficient (Wildman–Crippen LogP) is 3.20. The highest BCUT2D eigenvalue weighted by molar-refractivity contribution is 5.75. The maximum absolute atomic E-state index is 10.6. The summed E-state index contributed by atoms with van der Waals surface area (Å²) in [5.41, 5.74) is 4.43. The van der Waals surface area contributed by atoms with Gasteiger partial charge in [0.25, 0.3) is 0 Å². The van der Waals surface area contributed by atoms with Crippen molar-refractivity contribution in [2.24, 2.45) is 0 Å². The van der Waals surface area contributed by atoms with Crippen molar-refractivity contribution >= 4 is 17.8 Å². The van der Waals surface area contributed by atoms with Crippen molar-refractivity contribution in [3.63, 3.8) is 0 Å². The van der Waals surface area contributed by atoms with Gasteiger partial charge in [0.1, 0.15) is 5.75 Å². The molecule has 7 nitrogen and oxygen atoms in total. The molecule has 0 aliphatic rings. The monoisotopic (exact) mass is 448 g/mol. The van der Waals surface area contributed by atoms with Gasteiger partial charge in [0.2, 0.25) is 6.41 Å². The van der Waals surface area contributed by atoms with Crippen molar-refractivity contribution in [3.05, 3.63) is 89.5 Å². The Morgan fingerprint density at radius 3 is 2.39 bits per heavy atom. The second kappa shape index (κ2) is 12.6. The SMILES string of the molecule is CNC(CNc1ccc(CCNC[C@H](O)c2ccc(O)c(NC=O)c2)cc1)c1ccccc1. The number of hydrogen-bond acceptors (Lipinski definition) is 6. The van der Waals surface area contributed by atoms with E-state index in [-0.39, 0.29) is 17.5 Å². The lowest BCUT2D eigenvalue weighted by Gasteiger charge is -2.18. The molecule has 174 valence electrons. The number of nitrogens with one attached hydrogen (secondary N) is 4. The topological polar surface area (TPSA) is 106 Å². The molecule has 0 aromatic heterocycles. The van der Waals surface area contributed by atoms with Crippen LogP contribution in [0.2, 0.25) is 0 Å². The molecule has 1 unspecified atom stereocenters. The van der Waals surface area contributed by atoms with E-state index in [1.165, 1.54) is 17.2 Å². The number of rotatable bonds is 13. The van der Waals surface area contributed by atoms with Gasteiger partial charge < -0.3 is 31.5 Å². The molecule has 33 heavy (non-hydrogen) atoms. The Morgan fingerprint density at radius 1 is 0.939 bits per heavy atom. The highest BCUT2D eigenvalue weighted by atomic mass is 16.3. The van der Waals surface area contributed by atoms with Crippen molar-refractivity contribution in [1.29, 1.82) is 0 Å². The summed E-state index contributed by atoms with van der Waals surface area (Å²) in [5, 5.41) is 32.6. The third kappa shape index (κ3) is 7.32. The Bertz CT molecular complexity index is 996. The molecule has 7 heteroatoms. The van der Waals surface area contributed by atoms with Gasteiger partial charge in [-0.25, -0.2) is 0 Å². The lowest BCUT2D eigenvalue weighted by molar-refractivity contribution is -0.105. The van der Waals surface area contributed by atoms with Crippen LogP contribution < -0.4 is 21.3 Å². The number of amides is 1. The van der Waals surface area contributed by atoms with Gasteiger partial charge >= 0.3 is 0 Å². The Hall–Kier alpha value is -3.39. The molecule has 1 amide bonds. The molecule has 6 N–H and O–H groups in total. The largest absolute Gasteiger partial charge is 0.506 e. The molecular weight excluding hydrogens is 416 g/mol. The van der Waals surface area contributed by atoms with Crippen LogP contribution in [-0.2, 0) is 11.2 Å². The summed E-state index contributed by atoms with van der Waals surface area (Å²) in [5.74, 6) is -0.0366. The van der Waals surface area contributed by atoms with Crippen LogP contribution in [0, 0.1) is 0 Å². The fourth-order valence-electron chi connectivity index (χ4n) is 3.61. The van der Waals surface area contributed by atoms with Gasteiger partial charge in [0.05, 0.1) is 11.8 Å². The summed E-state index contributed by atoms with van der Waals surface area (Å²) in [6, 6.07) is 23.6. The fourth-order valence-corrected chi connectivity index (χ4v) is 3.61. The molecule has 0 heterocycles. The first-order valence-electron chi connectivity index (χ1n) is 11.1. The molecule has 0 saturated heterocycles. The van der Waals surface area contributed by atoms with Gasteiger partial charge in [-0.2, -0.15) is 0 Å². The summed E-state index contributed by atoms with van der Waals surface area (Å²) < 4.78 is 0. The van der Waals surface area contributed by atoms with Gasteiger partial charge in [0, 0.05) is 24.8 Å². The normalized spacial score (nSPS) is 12.7. The number of aromatic hydroxyl groups is 1. The van der Waals surface area contributed by atoms with Crippen LogP contribution in [0.1, 0.15) is 28.8 Å². The van der Waals surface area contributed by atoms with Gasteiger partial charge in [-0.15, -0.1) is 0 Å². The quantitative estimate of drug-likeness (QED) is 0.136. The first-order chi connectivity index (χ1) is 16.1. The maximum atomic E-state index is 10.6. The summed E-state index contributed by atoms with van der Waals surface area (Å²) in [6.45, 7) is 1.88. The molecule has 3 aromatic carbocycles. The number of carbonyl (C=O) groups excluding carboxylic acids is 1. The first kappa shape index (κ1) is 24.3. The average Bonchev–Trinajstić information content (AvgIpc) is 2.85. The van der Waals surface area contributed by atoms with E-state index in [0.717, 1.165) is 25.2 Å². The molecule has 0 bridgehead atoms. The number of aliphatic hydroxyl groups is 1. The van der Waals surface area contributed by atoms with E-state index >= 15 is 0 Å². The minimum absolute atomic E-state index is 0.0366. The minimum Gasteiger partial charge on any atom is -0.506 e. The zero-order chi connectivity index (χ0) is 23.5. The average molecular weight is 449 g/mol. The number of benzene rings is 3. The molecule has 0 saturated carbocycles. The van der Waals surface area contributed by atoms with Crippen LogP contribution in [0.4, 0.5) is 11.4 Å². The zero-order valence-electron chi connectivity index (χ0n) is 18.8. The van der Waals surface area contributed by atoms with Gasteiger partial charge in [-0.1, -0.05) is 48.5 Å². The van der Waals surface area contributed by atoms with Crippen LogP contribution in [0.25, 0.3) is 0 Å². The molecule has 0 radical (unpaired) electrons. The minimum atomic E-state index is -0.742. The molecule has 3 aromatic rings. The van der Waals surface area contributed by atoms with Crippen molar-refractivity contribution in [3.8, 4) is 5.75 Å². The third-order valence-corrected chi connectivity index (χ3v) is 5.56. The van der Waals surface area contributed by atoms with Crippen molar-refractivity contribution in [2.75, 3.05) is 37.3 Å². The van der Waals surface area contributed by atoms with Crippen LogP contribution >= 0.6 is 0 Å². The van der Waals surface area contributed by atoms with Crippen molar-refractivity contribution < 1.29 is 15.0 Å². The molecule has 0 aliphatic heterocycles. The number of likely N-dealkylation sites (N-methyl/N-ethyl adjacent to an activating group) is 1. The van der Waals surface area contributed by atoms with E-state index < -0.39 is 6.10 Å². The number of phenolic OH excluding ortho intramolecular Hbond substituents is 1. The van der Waals surface area contributed by atoms with E-state index in [0.29, 0.717) is 18.5 Å². The predicted molar refractivity (Wildman–Crippen MR) is 133 cm³/mol. The number of phenols is 1. The van der Waals surface area contributed by atoms with Crippen LogP contribution in [0.3, 0.4) is 0 Å². The second-order valence-electron chi connectivity index (χ2n) is 7.84. The van der Waals surface area contributed by atoms with E-state index in [1.54, 1.807) is 12.1 Å². The third-order valence-electron chi connectivity index (χ3n) is 5.56. The lowest BCUT2D eigenvalue weighted by Crippen LogP contribution is -2.24. The maximum Gasteiger partial charge on any atom is 0.211 e. The highest BCUT2D eigenvalue weighted by Crippen LogP contribution is 2.26. The van der Waals surface area contributed by atoms with E-state index in [1.807, 2.05) is 13.1 Å². The highest BCUT2D eigenvalue weighted by Gasteiger charge is 2.11. The molecule has 3 rings (SSSR count). The molecular formula is C26H32N4O3. The molecule has 2 atom stereocenters. The van der Waals surface area contributed by atoms with Crippen LogP contribution in [0.15, 0.2) is 72.8 Å². The zero-order valence-corrected chi connectivity index (χ0v) is 18.8. The summed E-state index contributed by atoms with van der Waals surface area (Å²) in [4.78, 5) is 10.6. The van der Waals surface area contributed by atoms with Gasteiger partial charge in [-0.3, -0.25) is 4.79 Å². The van der Waals surface area contributed by atoms with Crippen LogP contribution in [0.5, 0.6) is 5.75 Å². The first-order valence-corrected chi connectivity index (χ1v) is 11.1. The summed E-state index contributed by atoms with van der Waals surface area (Å²) in [7, 11) is 1.97. The van der Waals surface area contributed by atoms with E-state index in [2.05, 4.69) is 69.8 Å². The number of carbonyl (C=O) groups is 1. The van der Waals surface area contributed by atoms with E-state index in [4.69, 9.17) is 0 Å². The Morgan fingerprint density at radius 2 is 1.70 bits per heavy atom. The van der Waals surface area contributed by atoms with Crippen molar-refractivity contribution in [2.45, 2.75) is 18.6 Å². The second-order valence-corrected chi connectivity index (χ2v) is 7.84. The Kier molecular flexibility index (Phi) is 9.26. The number of aliphatic hydroxyl groups excluding tert-OH is 1. The molecule has 0 aliphatic carbocycles. The van der Waals surface area contributed by atoms with Crippen LogP contribution in [-0.4, -0.2) is 43.3 Å². The van der Waals surface area contributed by atoms with Gasteiger partial charge in [-0.05, 0) is 61.0 Å². The lowest BCUT2D eigenvalue weighted by atomic mass is 10.1. The van der Waals surface area contributed by atoms with Crippen molar-refractivity contribution in [1.82, 2.24) is 10.6 Å². The fraction of sp³-hybridized carbons (Fsp3) is 0.269. The Balaban J connectivity index is 1.41. The van der Waals surface area contributed by atoms with Gasteiger partial charge in [0.15, 0.2) is 0 Å².